The molecule has 3 nitrogen and oxygen atoms in total. The molecule has 0 N–H and O–H groups in total. The second kappa shape index (κ2) is 19.5. The molecule has 2 rings (SSSR count). The first-order valence-corrected chi connectivity index (χ1v) is 15.1. The maximum absolute atomic E-state index is 6.02. The summed E-state index contributed by atoms with van der Waals surface area (Å²) in [4.78, 5) is 0. The minimum atomic E-state index is 0.791. The maximum atomic E-state index is 6.02. The van der Waals surface area contributed by atoms with Crippen LogP contribution in [0, 0.1) is 6.92 Å². The summed E-state index contributed by atoms with van der Waals surface area (Å²) in [6, 6.07) is 14.6. The number of alkyl halides is 1. The van der Waals surface area contributed by atoms with Crippen molar-refractivity contribution in [3.05, 3.63) is 53.6 Å². The highest BCUT2D eigenvalue weighted by Crippen LogP contribution is 2.26. The van der Waals surface area contributed by atoms with Gasteiger partial charge in [-0.1, -0.05) is 106 Å². The fourth-order valence-corrected chi connectivity index (χ4v) is 4.65. The summed E-state index contributed by atoms with van der Waals surface area (Å²) in [5.41, 5.74) is 4.26. The first-order valence-electron chi connectivity index (χ1n) is 14.0. The molecule has 0 aromatic heterocycles. The zero-order valence-electron chi connectivity index (χ0n) is 22.2. The van der Waals surface area contributed by atoms with Crippen molar-refractivity contribution >= 4 is 27.3 Å². The highest BCUT2D eigenvalue weighted by Gasteiger charge is 2.02. The van der Waals surface area contributed by atoms with Crippen LogP contribution in [0.5, 0.6) is 5.75 Å². The van der Waals surface area contributed by atoms with Crippen molar-refractivity contribution in [2.24, 2.45) is 10.2 Å². The molecule has 0 aliphatic heterocycles. The van der Waals surface area contributed by atoms with E-state index >= 15 is 0 Å². The van der Waals surface area contributed by atoms with E-state index in [-0.39, 0.29) is 0 Å². The standard InChI is InChI=1S/C31H47BrN2O/c1-3-4-5-14-17-28-18-20-29(21-19-28)33-34-30-22-23-31(27(2)26-30)35-25-16-13-11-9-7-6-8-10-12-15-24-32/h18-23,26H,3-17,24-25H2,1-2H3. The van der Waals surface area contributed by atoms with Gasteiger partial charge in [0.1, 0.15) is 5.75 Å². The SMILES string of the molecule is CCCCCCc1ccc(N=Nc2ccc(OCCCCCCCCCCCCBr)c(C)c2)cc1. The van der Waals surface area contributed by atoms with Crippen LogP contribution < -0.4 is 4.74 Å². The Morgan fingerprint density at radius 3 is 1.86 bits per heavy atom. The molecule has 2 aromatic rings. The lowest BCUT2D eigenvalue weighted by molar-refractivity contribution is 0.302. The molecule has 0 aliphatic carbocycles. The first kappa shape index (κ1) is 29.5. The third-order valence-electron chi connectivity index (χ3n) is 6.48. The molecule has 0 fully saturated rings. The van der Waals surface area contributed by atoms with E-state index in [0.29, 0.717) is 0 Å². The van der Waals surface area contributed by atoms with Crippen LogP contribution in [0.2, 0.25) is 0 Å². The average Bonchev–Trinajstić information content (AvgIpc) is 2.87. The second-order valence-electron chi connectivity index (χ2n) is 9.70. The second-order valence-corrected chi connectivity index (χ2v) is 10.5. The minimum Gasteiger partial charge on any atom is -0.493 e. The largest absolute Gasteiger partial charge is 0.493 e. The smallest absolute Gasteiger partial charge is 0.122 e. The number of halogens is 1. The van der Waals surface area contributed by atoms with Crippen LogP contribution in [0.4, 0.5) is 11.4 Å². The van der Waals surface area contributed by atoms with E-state index in [4.69, 9.17) is 4.74 Å². The summed E-state index contributed by atoms with van der Waals surface area (Å²) in [6.45, 7) is 5.12. The molecule has 0 spiro atoms. The summed E-state index contributed by atoms with van der Waals surface area (Å²) in [7, 11) is 0. The summed E-state index contributed by atoms with van der Waals surface area (Å²) in [6.07, 6.45) is 19.7. The molecule has 4 heteroatoms. The normalized spacial score (nSPS) is 11.4. The number of azo groups is 1. The van der Waals surface area contributed by atoms with E-state index in [1.165, 1.54) is 89.0 Å². The number of rotatable bonds is 20. The Balaban J connectivity index is 1.61. The predicted molar refractivity (Wildman–Crippen MR) is 155 cm³/mol. The van der Waals surface area contributed by atoms with E-state index in [1.807, 2.05) is 12.1 Å². The van der Waals surface area contributed by atoms with Gasteiger partial charge in [0.2, 0.25) is 0 Å². The number of hydrogen-bond donors (Lipinski definition) is 0. The van der Waals surface area contributed by atoms with Crippen LogP contribution in [0.1, 0.15) is 108 Å². The molecule has 0 aliphatic rings. The number of benzene rings is 2. The third kappa shape index (κ3) is 13.8. The molecule has 0 bridgehead atoms. The Kier molecular flexibility index (Phi) is 16.5. The van der Waals surface area contributed by atoms with Crippen molar-refractivity contribution in [1.29, 1.82) is 0 Å². The predicted octanol–water partition coefficient (Wildman–Crippen LogP) is 11.2. The first-order chi connectivity index (χ1) is 17.2. The Bertz CT molecular complexity index is 819. The molecule has 35 heavy (non-hydrogen) atoms. The topological polar surface area (TPSA) is 34.0 Å². The molecule has 0 heterocycles. The lowest BCUT2D eigenvalue weighted by Gasteiger charge is -2.09. The van der Waals surface area contributed by atoms with Gasteiger partial charge in [-0.25, -0.2) is 0 Å². The number of hydrogen-bond acceptors (Lipinski definition) is 3. The van der Waals surface area contributed by atoms with Gasteiger partial charge >= 0.3 is 0 Å². The lowest BCUT2D eigenvalue weighted by atomic mass is 10.1. The summed E-state index contributed by atoms with van der Waals surface area (Å²) in [5, 5.41) is 9.99. The van der Waals surface area contributed by atoms with Crippen LogP contribution in [0.15, 0.2) is 52.7 Å². The van der Waals surface area contributed by atoms with Gasteiger partial charge in [-0.2, -0.15) is 10.2 Å². The fraction of sp³-hybridized carbons (Fsp3) is 0.613. The third-order valence-corrected chi connectivity index (χ3v) is 7.04. The van der Waals surface area contributed by atoms with Gasteiger partial charge in [-0.05, 0) is 74.1 Å². The number of aryl methyl sites for hydroxylation is 2. The van der Waals surface area contributed by atoms with Crippen molar-refractivity contribution in [1.82, 2.24) is 0 Å². The van der Waals surface area contributed by atoms with Crippen LogP contribution in [0.25, 0.3) is 0 Å². The van der Waals surface area contributed by atoms with Crippen molar-refractivity contribution in [3.63, 3.8) is 0 Å². The highest BCUT2D eigenvalue weighted by molar-refractivity contribution is 9.09. The Hall–Kier alpha value is -1.68. The molecule has 0 atom stereocenters. The minimum absolute atomic E-state index is 0.791. The Labute approximate surface area is 223 Å². The number of nitrogens with zero attached hydrogens (tertiary/aromatic N) is 2. The number of unbranched alkanes of at least 4 members (excludes halogenated alkanes) is 12. The van der Waals surface area contributed by atoms with E-state index in [2.05, 4.69) is 70.3 Å². The average molecular weight is 544 g/mol. The van der Waals surface area contributed by atoms with Gasteiger partial charge in [0.25, 0.3) is 0 Å². The van der Waals surface area contributed by atoms with Crippen molar-refractivity contribution < 1.29 is 4.74 Å². The highest BCUT2D eigenvalue weighted by atomic mass is 79.9. The van der Waals surface area contributed by atoms with Gasteiger partial charge < -0.3 is 4.74 Å². The lowest BCUT2D eigenvalue weighted by Crippen LogP contribution is -1.98. The summed E-state index contributed by atoms with van der Waals surface area (Å²) < 4.78 is 6.02. The van der Waals surface area contributed by atoms with Crippen LogP contribution in [-0.4, -0.2) is 11.9 Å². The van der Waals surface area contributed by atoms with E-state index in [1.54, 1.807) is 0 Å². The monoisotopic (exact) mass is 542 g/mol. The van der Waals surface area contributed by atoms with Crippen molar-refractivity contribution in [2.45, 2.75) is 110 Å². The zero-order chi connectivity index (χ0) is 25.0. The molecule has 2 aromatic carbocycles. The summed E-state index contributed by atoms with van der Waals surface area (Å²) in [5.74, 6) is 0.958. The van der Waals surface area contributed by atoms with Crippen LogP contribution in [-0.2, 0) is 6.42 Å². The zero-order valence-corrected chi connectivity index (χ0v) is 23.8. The Morgan fingerprint density at radius 1 is 0.657 bits per heavy atom. The molecule has 0 radical (unpaired) electrons. The van der Waals surface area contributed by atoms with Gasteiger partial charge in [-0.3, -0.25) is 0 Å². The van der Waals surface area contributed by atoms with E-state index in [9.17, 15) is 0 Å². The quantitative estimate of drug-likeness (QED) is 0.0929. The molecular weight excluding hydrogens is 496 g/mol. The fourth-order valence-electron chi connectivity index (χ4n) is 4.25. The van der Waals surface area contributed by atoms with Gasteiger partial charge in [0.05, 0.1) is 18.0 Å². The molecule has 194 valence electrons. The maximum Gasteiger partial charge on any atom is 0.122 e. The van der Waals surface area contributed by atoms with E-state index in [0.717, 1.165) is 47.5 Å². The van der Waals surface area contributed by atoms with Gasteiger partial charge in [-0.15, -0.1) is 0 Å². The molecule has 0 saturated heterocycles. The van der Waals surface area contributed by atoms with Gasteiger partial charge in [0.15, 0.2) is 0 Å². The molecule has 0 saturated carbocycles. The molecule has 0 amide bonds. The van der Waals surface area contributed by atoms with E-state index < -0.39 is 0 Å². The van der Waals surface area contributed by atoms with Crippen LogP contribution >= 0.6 is 15.9 Å². The van der Waals surface area contributed by atoms with Crippen LogP contribution in [0.3, 0.4) is 0 Å². The molecular formula is C31H47BrN2O. The van der Waals surface area contributed by atoms with Gasteiger partial charge in [0, 0.05) is 5.33 Å². The van der Waals surface area contributed by atoms with Crippen molar-refractivity contribution in [3.8, 4) is 5.75 Å². The van der Waals surface area contributed by atoms with Crippen molar-refractivity contribution in [2.75, 3.05) is 11.9 Å². The molecule has 0 unspecified atom stereocenters. The number of ether oxygens (including phenoxy) is 1. The Morgan fingerprint density at radius 2 is 1.23 bits per heavy atom. The summed E-state index contributed by atoms with van der Waals surface area (Å²) >= 11 is 3.50.